The van der Waals surface area contributed by atoms with E-state index in [1.54, 1.807) is 0 Å². The molecule has 0 radical (unpaired) electrons. The second kappa shape index (κ2) is 2.69. The number of carbonyl (C=O) groups excluding carboxylic acids is 1. The van der Waals surface area contributed by atoms with E-state index in [2.05, 4.69) is 12.6 Å². The summed E-state index contributed by atoms with van der Waals surface area (Å²) in [6.07, 6.45) is 1.03. The second-order valence-electron chi connectivity index (χ2n) is 1.12. The van der Waals surface area contributed by atoms with E-state index < -0.39 is 5.12 Å². The van der Waals surface area contributed by atoms with Crippen molar-refractivity contribution in [2.45, 2.75) is 6.92 Å². The smallest absolute Gasteiger partial charge is 0.212 e. The molecule has 0 atom stereocenters. The highest BCUT2D eigenvalue weighted by atomic mass is 32.1. The first-order valence-corrected chi connectivity index (χ1v) is 2.18. The molecule has 0 aliphatic rings. The highest BCUT2D eigenvalue weighted by Crippen LogP contribution is 1.86. The topological polar surface area (TPSA) is 37.3 Å². The van der Waals surface area contributed by atoms with Crippen LogP contribution < -0.4 is 0 Å². The summed E-state index contributed by atoms with van der Waals surface area (Å²) in [5, 5.41) is 7.88. The summed E-state index contributed by atoms with van der Waals surface area (Å²) in [7, 11) is 0. The van der Waals surface area contributed by atoms with Gasteiger partial charge in [-0.05, 0) is 6.92 Å². The average Bonchev–Trinajstić information content (AvgIpc) is 1.27. The van der Waals surface area contributed by atoms with Crippen LogP contribution in [0.5, 0.6) is 0 Å². The number of allylic oxidation sites excluding steroid dienone is 1. The fourth-order valence-electron chi connectivity index (χ4n) is 0.179. The molecule has 0 rings (SSSR count). The van der Waals surface area contributed by atoms with Crippen LogP contribution in [0.1, 0.15) is 6.92 Å². The molecule has 0 spiro atoms. The summed E-state index contributed by atoms with van der Waals surface area (Å²) < 4.78 is 0. The largest absolute Gasteiger partial charge is 0.512 e. The van der Waals surface area contributed by atoms with Gasteiger partial charge in [-0.25, -0.2) is 0 Å². The van der Waals surface area contributed by atoms with Crippen molar-refractivity contribution in [3.05, 3.63) is 11.8 Å². The van der Waals surface area contributed by atoms with E-state index in [1.807, 2.05) is 0 Å². The molecule has 7 heavy (non-hydrogen) atoms. The molecule has 40 valence electrons. The van der Waals surface area contributed by atoms with Crippen molar-refractivity contribution >= 4 is 17.7 Å². The van der Waals surface area contributed by atoms with E-state index in [1.165, 1.54) is 6.92 Å². The molecule has 0 aliphatic heterocycles. The van der Waals surface area contributed by atoms with Gasteiger partial charge < -0.3 is 5.11 Å². The molecule has 0 aromatic rings. The molecule has 0 aromatic carbocycles. The standard InChI is InChI=1S/C4H6O2S/c1-3(5)2-4(6)7/h2,5H,1H3,(H,6,7). The van der Waals surface area contributed by atoms with Gasteiger partial charge in [-0.3, -0.25) is 4.79 Å². The molecule has 0 fully saturated rings. The number of hydrogen-bond acceptors (Lipinski definition) is 2. The first kappa shape index (κ1) is 6.56. The molecule has 0 saturated heterocycles. The molecule has 0 heterocycles. The van der Waals surface area contributed by atoms with Crippen molar-refractivity contribution in [1.82, 2.24) is 0 Å². The van der Waals surface area contributed by atoms with Crippen LogP contribution in [-0.4, -0.2) is 10.2 Å². The Kier molecular flexibility index (Phi) is 2.52. The first-order valence-electron chi connectivity index (χ1n) is 1.73. The molecule has 3 heteroatoms. The molecule has 2 nitrogen and oxygen atoms in total. The molecule has 0 bridgehead atoms. The maximum Gasteiger partial charge on any atom is 0.212 e. The van der Waals surface area contributed by atoms with E-state index in [9.17, 15) is 4.79 Å². The number of thiol groups is 1. The van der Waals surface area contributed by atoms with Crippen LogP contribution in [0.4, 0.5) is 0 Å². The van der Waals surface area contributed by atoms with E-state index >= 15 is 0 Å². The predicted molar refractivity (Wildman–Crippen MR) is 30.4 cm³/mol. The lowest BCUT2D eigenvalue weighted by atomic mass is 10.5. The summed E-state index contributed by atoms with van der Waals surface area (Å²) in [4.78, 5) is 9.88. The van der Waals surface area contributed by atoms with Gasteiger partial charge >= 0.3 is 0 Å². The van der Waals surface area contributed by atoms with E-state index in [4.69, 9.17) is 5.11 Å². The lowest BCUT2D eigenvalue weighted by Crippen LogP contribution is -1.78. The second-order valence-corrected chi connectivity index (χ2v) is 1.56. The molecular weight excluding hydrogens is 112 g/mol. The van der Waals surface area contributed by atoms with Crippen LogP contribution in [0.2, 0.25) is 0 Å². The fourth-order valence-corrected chi connectivity index (χ4v) is 0.366. The highest BCUT2D eigenvalue weighted by Gasteiger charge is 1.84. The van der Waals surface area contributed by atoms with E-state index in [-0.39, 0.29) is 5.76 Å². The Morgan fingerprint density at radius 3 is 2.29 bits per heavy atom. The summed E-state index contributed by atoms with van der Waals surface area (Å²) in [5.41, 5.74) is 0. The Morgan fingerprint density at radius 2 is 2.29 bits per heavy atom. The lowest BCUT2D eigenvalue weighted by molar-refractivity contribution is -0.107. The molecule has 1 N–H and O–H groups in total. The van der Waals surface area contributed by atoms with Crippen LogP contribution in [0.3, 0.4) is 0 Å². The average molecular weight is 118 g/mol. The van der Waals surface area contributed by atoms with Gasteiger partial charge in [0.05, 0.1) is 5.76 Å². The Balaban J connectivity index is 3.68. The van der Waals surface area contributed by atoms with Gasteiger partial charge in [-0.1, -0.05) is 0 Å². The third-order valence-corrected chi connectivity index (χ3v) is 0.461. The normalized spacial score (nSPS) is 11.4. The molecule has 0 saturated carbocycles. The van der Waals surface area contributed by atoms with Crippen LogP contribution in [0, 0.1) is 0 Å². The molecule has 0 amide bonds. The maximum atomic E-state index is 9.88. The van der Waals surface area contributed by atoms with Crippen molar-refractivity contribution < 1.29 is 9.90 Å². The predicted octanol–water partition coefficient (Wildman–Crippen LogP) is 0.905. The minimum Gasteiger partial charge on any atom is -0.512 e. The third kappa shape index (κ3) is 5.56. The van der Waals surface area contributed by atoms with Crippen molar-refractivity contribution in [3.63, 3.8) is 0 Å². The van der Waals surface area contributed by atoms with Crippen LogP contribution in [-0.2, 0) is 4.79 Å². The van der Waals surface area contributed by atoms with Crippen LogP contribution in [0.25, 0.3) is 0 Å². The number of aliphatic hydroxyl groups excluding tert-OH is 1. The summed E-state index contributed by atoms with van der Waals surface area (Å²) in [6.45, 7) is 1.41. The molecule has 0 unspecified atom stereocenters. The summed E-state index contributed by atoms with van der Waals surface area (Å²) in [6, 6.07) is 0. The zero-order valence-corrected chi connectivity index (χ0v) is 4.77. The van der Waals surface area contributed by atoms with Gasteiger partial charge in [0.1, 0.15) is 0 Å². The highest BCUT2D eigenvalue weighted by molar-refractivity contribution is 7.97. The van der Waals surface area contributed by atoms with E-state index in [0.717, 1.165) is 6.08 Å². The first-order chi connectivity index (χ1) is 3.13. The lowest BCUT2D eigenvalue weighted by Gasteiger charge is -1.79. The fraction of sp³-hybridized carbons (Fsp3) is 0.250. The quantitative estimate of drug-likeness (QED) is 0.305. The van der Waals surface area contributed by atoms with Gasteiger partial charge in [-0.15, -0.1) is 12.6 Å². The minimum atomic E-state index is -0.431. The Morgan fingerprint density at radius 1 is 1.86 bits per heavy atom. The van der Waals surface area contributed by atoms with Gasteiger partial charge in [-0.2, -0.15) is 0 Å². The minimum absolute atomic E-state index is 0.0139. The number of carbonyl (C=O) groups is 1. The van der Waals surface area contributed by atoms with Crippen LogP contribution in [0.15, 0.2) is 11.8 Å². The molecular formula is C4H6O2S. The number of aliphatic hydroxyl groups is 1. The maximum absolute atomic E-state index is 9.88. The van der Waals surface area contributed by atoms with Crippen molar-refractivity contribution in [2.24, 2.45) is 0 Å². The molecule has 0 aromatic heterocycles. The van der Waals surface area contributed by atoms with E-state index in [0.29, 0.717) is 0 Å². The Hall–Kier alpha value is -0.440. The Bertz CT molecular complexity index is 102. The number of rotatable bonds is 1. The van der Waals surface area contributed by atoms with Gasteiger partial charge in [0.15, 0.2) is 0 Å². The Labute approximate surface area is 47.3 Å². The van der Waals surface area contributed by atoms with Crippen molar-refractivity contribution in [2.75, 3.05) is 0 Å². The van der Waals surface area contributed by atoms with Gasteiger partial charge in [0.25, 0.3) is 0 Å². The SMILES string of the molecule is CC(O)=CC(=O)S. The van der Waals surface area contributed by atoms with Gasteiger partial charge in [0.2, 0.25) is 5.12 Å². The molecule has 0 aliphatic carbocycles. The monoisotopic (exact) mass is 118 g/mol. The van der Waals surface area contributed by atoms with Crippen molar-refractivity contribution in [3.8, 4) is 0 Å². The zero-order chi connectivity index (χ0) is 5.86. The summed E-state index contributed by atoms with van der Waals surface area (Å²) in [5.74, 6) is -0.0139. The number of hydrogen-bond donors (Lipinski definition) is 2. The summed E-state index contributed by atoms with van der Waals surface area (Å²) >= 11 is 3.36. The van der Waals surface area contributed by atoms with Crippen molar-refractivity contribution in [1.29, 1.82) is 0 Å². The third-order valence-electron chi connectivity index (χ3n) is 0.332. The van der Waals surface area contributed by atoms with Crippen LogP contribution >= 0.6 is 12.6 Å². The zero-order valence-electron chi connectivity index (χ0n) is 3.88. The van der Waals surface area contributed by atoms with Gasteiger partial charge in [0, 0.05) is 6.08 Å².